The Morgan fingerprint density at radius 3 is 2.13 bits per heavy atom. The van der Waals surface area contributed by atoms with Crippen LogP contribution in [0, 0.1) is 10.1 Å². The summed E-state index contributed by atoms with van der Waals surface area (Å²) in [5.74, 6) is -0.585. The first-order valence-corrected chi connectivity index (χ1v) is 9.44. The van der Waals surface area contributed by atoms with Crippen molar-refractivity contribution in [2.24, 2.45) is 0 Å². The molecule has 0 aliphatic carbocycles. The van der Waals surface area contributed by atoms with E-state index >= 15 is 0 Å². The fourth-order valence-corrected chi connectivity index (χ4v) is 3.40. The number of nitrogen functional groups attached to an aromatic ring is 1. The third-order valence-corrected chi connectivity index (χ3v) is 4.93. The average Bonchev–Trinajstić information content (AvgIpc) is 3.29. The highest BCUT2D eigenvalue weighted by Gasteiger charge is 2.28. The normalized spacial score (nSPS) is 12.8. The molecule has 1 amide bonds. The SMILES string of the molecule is Nc1cc([N+](=O)[O-])cc(N2C=CN(C(=O)c3ccccc3)C2)c1C(=O)c1ccccc1. The number of nitrogens with two attached hydrogens (primary N) is 1. The van der Waals surface area contributed by atoms with Gasteiger partial charge in [0.05, 0.1) is 21.9 Å². The van der Waals surface area contributed by atoms with Crippen LogP contribution in [0.1, 0.15) is 26.3 Å². The highest BCUT2D eigenvalue weighted by atomic mass is 16.6. The van der Waals surface area contributed by atoms with Crippen LogP contribution in [-0.4, -0.2) is 28.2 Å². The first-order chi connectivity index (χ1) is 15.0. The van der Waals surface area contributed by atoms with E-state index in [-0.39, 0.29) is 41.0 Å². The lowest BCUT2D eigenvalue weighted by Gasteiger charge is -2.23. The molecule has 0 spiro atoms. The van der Waals surface area contributed by atoms with E-state index in [4.69, 9.17) is 5.73 Å². The van der Waals surface area contributed by atoms with E-state index < -0.39 is 4.92 Å². The van der Waals surface area contributed by atoms with Crippen LogP contribution >= 0.6 is 0 Å². The van der Waals surface area contributed by atoms with Crippen molar-refractivity contribution in [2.75, 3.05) is 17.3 Å². The summed E-state index contributed by atoms with van der Waals surface area (Å²) < 4.78 is 0. The highest BCUT2D eigenvalue weighted by molar-refractivity contribution is 6.16. The van der Waals surface area contributed by atoms with E-state index in [9.17, 15) is 19.7 Å². The van der Waals surface area contributed by atoms with Crippen molar-refractivity contribution in [3.05, 3.63) is 112 Å². The summed E-state index contributed by atoms with van der Waals surface area (Å²) in [6.07, 6.45) is 3.17. The molecule has 0 saturated carbocycles. The molecule has 4 rings (SSSR count). The summed E-state index contributed by atoms with van der Waals surface area (Å²) in [5.41, 5.74) is 7.18. The molecule has 3 aromatic carbocycles. The average molecular weight is 414 g/mol. The molecule has 2 N–H and O–H groups in total. The zero-order valence-corrected chi connectivity index (χ0v) is 16.3. The van der Waals surface area contributed by atoms with Gasteiger partial charge in [-0.2, -0.15) is 0 Å². The topological polar surface area (TPSA) is 110 Å². The number of rotatable bonds is 5. The van der Waals surface area contributed by atoms with Crippen molar-refractivity contribution in [3.63, 3.8) is 0 Å². The van der Waals surface area contributed by atoms with E-state index in [1.54, 1.807) is 71.9 Å². The smallest absolute Gasteiger partial charge is 0.273 e. The molecule has 1 heterocycles. The number of amides is 1. The van der Waals surface area contributed by atoms with Gasteiger partial charge in [-0.25, -0.2) is 0 Å². The van der Waals surface area contributed by atoms with Crippen molar-refractivity contribution in [1.82, 2.24) is 4.90 Å². The van der Waals surface area contributed by atoms with Gasteiger partial charge < -0.3 is 10.6 Å². The second-order valence-corrected chi connectivity index (χ2v) is 6.93. The van der Waals surface area contributed by atoms with Crippen molar-refractivity contribution >= 4 is 28.8 Å². The Bertz CT molecular complexity index is 1190. The van der Waals surface area contributed by atoms with Gasteiger partial charge in [-0.15, -0.1) is 0 Å². The number of nitro groups is 1. The Morgan fingerprint density at radius 1 is 0.903 bits per heavy atom. The van der Waals surface area contributed by atoms with Gasteiger partial charge in [0.15, 0.2) is 5.78 Å². The van der Waals surface area contributed by atoms with Gasteiger partial charge in [0.2, 0.25) is 0 Å². The standard InChI is InChI=1S/C23H18N4O4/c24-19-13-18(27(30)31)14-20(21(19)22(28)16-7-3-1-4-8-16)25-11-12-26(15-25)23(29)17-9-5-2-6-10-17/h1-14H,15,24H2. The van der Waals surface area contributed by atoms with Gasteiger partial charge in [-0.3, -0.25) is 24.6 Å². The predicted octanol–water partition coefficient (Wildman–Crippen LogP) is 3.80. The molecule has 0 unspecified atom stereocenters. The second-order valence-electron chi connectivity index (χ2n) is 6.93. The summed E-state index contributed by atoms with van der Waals surface area (Å²) in [6, 6.07) is 19.8. The first-order valence-electron chi connectivity index (χ1n) is 9.44. The van der Waals surface area contributed by atoms with Crippen molar-refractivity contribution in [3.8, 4) is 0 Å². The van der Waals surface area contributed by atoms with Gasteiger partial charge >= 0.3 is 0 Å². The minimum absolute atomic E-state index is 0.000658. The van der Waals surface area contributed by atoms with Crippen LogP contribution in [0.4, 0.5) is 17.1 Å². The number of hydrogen-bond acceptors (Lipinski definition) is 6. The minimum atomic E-state index is -0.566. The number of ketones is 1. The minimum Gasteiger partial charge on any atom is -0.398 e. The Labute approximate surface area is 178 Å². The summed E-state index contributed by atoms with van der Waals surface area (Å²) in [4.78, 5) is 39.8. The highest BCUT2D eigenvalue weighted by Crippen LogP contribution is 2.35. The fourth-order valence-electron chi connectivity index (χ4n) is 3.40. The third kappa shape index (κ3) is 3.86. The lowest BCUT2D eigenvalue weighted by molar-refractivity contribution is -0.384. The molecule has 8 heteroatoms. The molecular formula is C23H18N4O4. The molecule has 1 aliphatic rings. The molecule has 0 fully saturated rings. The summed E-state index contributed by atoms with van der Waals surface area (Å²) >= 11 is 0. The monoisotopic (exact) mass is 414 g/mol. The van der Waals surface area contributed by atoms with Crippen LogP contribution in [0.25, 0.3) is 0 Å². The molecule has 8 nitrogen and oxygen atoms in total. The lowest BCUT2D eigenvalue weighted by atomic mass is 9.98. The predicted molar refractivity (Wildman–Crippen MR) is 116 cm³/mol. The van der Waals surface area contributed by atoms with Crippen molar-refractivity contribution in [1.29, 1.82) is 0 Å². The van der Waals surface area contributed by atoms with Crippen molar-refractivity contribution in [2.45, 2.75) is 0 Å². The molecule has 0 aromatic heterocycles. The van der Waals surface area contributed by atoms with Gasteiger partial charge in [-0.05, 0) is 12.1 Å². The maximum absolute atomic E-state index is 13.2. The van der Waals surface area contributed by atoms with Crippen LogP contribution in [0.5, 0.6) is 0 Å². The van der Waals surface area contributed by atoms with E-state index in [0.717, 1.165) is 0 Å². The maximum Gasteiger partial charge on any atom is 0.273 e. The van der Waals surface area contributed by atoms with E-state index in [2.05, 4.69) is 0 Å². The van der Waals surface area contributed by atoms with Crippen LogP contribution in [0.15, 0.2) is 85.2 Å². The number of anilines is 2. The number of non-ortho nitro benzene ring substituents is 1. The maximum atomic E-state index is 13.2. The van der Waals surface area contributed by atoms with Crippen molar-refractivity contribution < 1.29 is 14.5 Å². The Balaban J connectivity index is 1.72. The molecule has 154 valence electrons. The molecular weight excluding hydrogens is 396 g/mol. The largest absolute Gasteiger partial charge is 0.398 e. The molecule has 1 aliphatic heterocycles. The molecule has 0 radical (unpaired) electrons. The molecule has 0 saturated heterocycles. The molecule has 0 bridgehead atoms. The fraction of sp³-hybridized carbons (Fsp3) is 0.0435. The molecule has 0 atom stereocenters. The molecule has 31 heavy (non-hydrogen) atoms. The Hall–Kier alpha value is -4.46. The van der Waals surface area contributed by atoms with Crippen LogP contribution in [-0.2, 0) is 0 Å². The second kappa shape index (κ2) is 8.11. The lowest BCUT2D eigenvalue weighted by Crippen LogP contribution is -2.31. The van der Waals surface area contributed by atoms with Gasteiger partial charge in [-0.1, -0.05) is 48.5 Å². The number of hydrogen-bond donors (Lipinski definition) is 1. The summed E-state index contributed by atoms with van der Waals surface area (Å²) in [6.45, 7) is 0.0867. The quantitative estimate of drug-likeness (QED) is 0.294. The van der Waals surface area contributed by atoms with Gasteiger partial charge in [0.1, 0.15) is 6.67 Å². The number of nitro benzene ring substituents is 1. The number of nitrogens with zero attached hydrogens (tertiary/aromatic N) is 3. The van der Waals surface area contributed by atoms with Crippen LogP contribution in [0.3, 0.4) is 0 Å². The number of carbonyl (C=O) groups is 2. The number of carbonyl (C=O) groups excluding carboxylic acids is 2. The van der Waals surface area contributed by atoms with E-state index in [0.29, 0.717) is 11.1 Å². The Kier molecular flexibility index (Phi) is 5.19. The summed E-state index contributed by atoms with van der Waals surface area (Å²) in [7, 11) is 0. The van der Waals surface area contributed by atoms with Gasteiger partial charge in [0.25, 0.3) is 11.6 Å². The molecule has 3 aromatic rings. The first kappa shape index (κ1) is 19.8. The van der Waals surface area contributed by atoms with Crippen LogP contribution in [0.2, 0.25) is 0 Å². The van der Waals surface area contributed by atoms with E-state index in [1.807, 2.05) is 6.07 Å². The zero-order valence-electron chi connectivity index (χ0n) is 16.3. The van der Waals surface area contributed by atoms with E-state index in [1.165, 1.54) is 17.0 Å². The van der Waals surface area contributed by atoms with Crippen LogP contribution < -0.4 is 10.6 Å². The summed E-state index contributed by atoms with van der Waals surface area (Å²) in [5, 5.41) is 11.4. The van der Waals surface area contributed by atoms with Gasteiger partial charge in [0, 0.05) is 35.7 Å². The number of benzene rings is 3. The Morgan fingerprint density at radius 2 is 1.52 bits per heavy atom. The zero-order chi connectivity index (χ0) is 22.0. The third-order valence-electron chi connectivity index (χ3n) is 4.93.